The summed E-state index contributed by atoms with van der Waals surface area (Å²) in [6, 6.07) is 6.60. The standard InChI is InChI=1S/C12H16ClNO/c1-2-14(10-5-6-10)11-4-3-9(8-15)12(13)7-11/h3-4,7,10,15H,2,5-6,8H2,1H3. The van der Waals surface area contributed by atoms with Gasteiger partial charge in [0.1, 0.15) is 0 Å². The fourth-order valence-electron chi connectivity index (χ4n) is 1.88. The quantitative estimate of drug-likeness (QED) is 0.852. The molecule has 1 aliphatic carbocycles. The zero-order valence-electron chi connectivity index (χ0n) is 8.91. The molecule has 15 heavy (non-hydrogen) atoms. The van der Waals surface area contributed by atoms with E-state index in [-0.39, 0.29) is 6.61 Å². The average molecular weight is 226 g/mol. The average Bonchev–Trinajstić information content (AvgIpc) is 3.03. The third-order valence-electron chi connectivity index (χ3n) is 2.87. The number of aliphatic hydroxyl groups excluding tert-OH is 1. The van der Waals surface area contributed by atoms with Crippen molar-refractivity contribution in [3.05, 3.63) is 28.8 Å². The Balaban J connectivity index is 2.23. The van der Waals surface area contributed by atoms with E-state index in [0.717, 1.165) is 12.1 Å². The van der Waals surface area contributed by atoms with E-state index < -0.39 is 0 Å². The highest BCUT2D eigenvalue weighted by Gasteiger charge is 2.28. The second-order valence-electron chi connectivity index (χ2n) is 3.95. The van der Waals surface area contributed by atoms with E-state index in [1.54, 1.807) is 0 Å². The molecule has 0 heterocycles. The molecule has 2 nitrogen and oxygen atoms in total. The molecule has 1 saturated carbocycles. The van der Waals surface area contributed by atoms with Crippen LogP contribution < -0.4 is 4.90 Å². The van der Waals surface area contributed by atoms with Crippen LogP contribution in [0.25, 0.3) is 0 Å². The Morgan fingerprint density at radius 3 is 2.67 bits per heavy atom. The highest BCUT2D eigenvalue weighted by molar-refractivity contribution is 6.31. The Morgan fingerprint density at radius 1 is 1.47 bits per heavy atom. The lowest BCUT2D eigenvalue weighted by Gasteiger charge is -2.23. The van der Waals surface area contributed by atoms with Gasteiger partial charge in [0.05, 0.1) is 6.61 Å². The molecule has 2 rings (SSSR count). The predicted molar refractivity (Wildman–Crippen MR) is 63.4 cm³/mol. The summed E-state index contributed by atoms with van der Waals surface area (Å²) in [5.74, 6) is 0. The van der Waals surface area contributed by atoms with Crippen LogP contribution >= 0.6 is 11.6 Å². The van der Waals surface area contributed by atoms with Crippen LogP contribution in [-0.2, 0) is 6.61 Å². The van der Waals surface area contributed by atoms with Crippen LogP contribution in [0.4, 0.5) is 5.69 Å². The van der Waals surface area contributed by atoms with E-state index in [0.29, 0.717) is 11.1 Å². The molecule has 1 N–H and O–H groups in total. The maximum Gasteiger partial charge on any atom is 0.0696 e. The minimum absolute atomic E-state index is 0.00860. The summed E-state index contributed by atoms with van der Waals surface area (Å²) in [5.41, 5.74) is 1.97. The van der Waals surface area contributed by atoms with Crippen molar-refractivity contribution < 1.29 is 5.11 Å². The molecule has 1 fully saturated rings. The van der Waals surface area contributed by atoms with Gasteiger partial charge in [0.15, 0.2) is 0 Å². The Morgan fingerprint density at radius 2 is 2.20 bits per heavy atom. The molecule has 0 radical (unpaired) electrons. The lowest BCUT2D eigenvalue weighted by molar-refractivity contribution is 0.282. The van der Waals surface area contributed by atoms with Crippen molar-refractivity contribution in [1.82, 2.24) is 0 Å². The summed E-state index contributed by atoms with van der Waals surface area (Å²) in [5, 5.41) is 9.69. The number of rotatable bonds is 4. The van der Waals surface area contributed by atoms with Crippen LogP contribution in [0.5, 0.6) is 0 Å². The first-order valence-corrected chi connectivity index (χ1v) is 5.80. The lowest BCUT2D eigenvalue weighted by Crippen LogP contribution is -2.24. The van der Waals surface area contributed by atoms with Gasteiger partial charge in [-0.1, -0.05) is 17.7 Å². The fraction of sp³-hybridized carbons (Fsp3) is 0.500. The monoisotopic (exact) mass is 225 g/mol. The van der Waals surface area contributed by atoms with E-state index in [1.807, 2.05) is 18.2 Å². The molecular formula is C12H16ClNO. The summed E-state index contributed by atoms with van der Waals surface area (Å²) in [4.78, 5) is 2.37. The SMILES string of the molecule is CCN(c1ccc(CO)c(Cl)c1)C1CC1. The van der Waals surface area contributed by atoms with Gasteiger partial charge in [-0.2, -0.15) is 0 Å². The number of aliphatic hydroxyl groups is 1. The van der Waals surface area contributed by atoms with E-state index in [2.05, 4.69) is 11.8 Å². The molecular weight excluding hydrogens is 210 g/mol. The van der Waals surface area contributed by atoms with Crippen molar-refractivity contribution in [2.45, 2.75) is 32.4 Å². The van der Waals surface area contributed by atoms with Gasteiger partial charge in [-0.15, -0.1) is 0 Å². The summed E-state index contributed by atoms with van der Waals surface area (Å²) in [6.07, 6.45) is 2.57. The van der Waals surface area contributed by atoms with Gasteiger partial charge in [0.2, 0.25) is 0 Å². The van der Waals surface area contributed by atoms with Crippen molar-refractivity contribution in [2.75, 3.05) is 11.4 Å². The maximum absolute atomic E-state index is 9.03. The van der Waals surface area contributed by atoms with Gasteiger partial charge in [0.25, 0.3) is 0 Å². The highest BCUT2D eigenvalue weighted by atomic mass is 35.5. The second-order valence-corrected chi connectivity index (χ2v) is 4.36. The van der Waals surface area contributed by atoms with Gasteiger partial charge >= 0.3 is 0 Å². The lowest BCUT2D eigenvalue weighted by atomic mass is 10.2. The number of hydrogen-bond acceptors (Lipinski definition) is 2. The Bertz CT molecular complexity index is 349. The van der Waals surface area contributed by atoms with Crippen LogP contribution in [0, 0.1) is 0 Å². The van der Waals surface area contributed by atoms with Gasteiger partial charge < -0.3 is 10.0 Å². The molecule has 0 unspecified atom stereocenters. The van der Waals surface area contributed by atoms with Crippen LogP contribution in [0.3, 0.4) is 0 Å². The first kappa shape index (κ1) is 10.8. The Hall–Kier alpha value is -0.730. The number of hydrogen-bond donors (Lipinski definition) is 1. The molecule has 82 valence electrons. The largest absolute Gasteiger partial charge is 0.392 e. The maximum atomic E-state index is 9.03. The molecule has 1 aromatic rings. The number of anilines is 1. The van der Waals surface area contributed by atoms with Crippen molar-refractivity contribution in [2.24, 2.45) is 0 Å². The molecule has 0 saturated heterocycles. The van der Waals surface area contributed by atoms with Crippen molar-refractivity contribution >= 4 is 17.3 Å². The van der Waals surface area contributed by atoms with Crippen LogP contribution in [-0.4, -0.2) is 17.7 Å². The van der Waals surface area contributed by atoms with E-state index in [4.69, 9.17) is 16.7 Å². The molecule has 1 aliphatic rings. The van der Waals surface area contributed by atoms with Crippen molar-refractivity contribution in [1.29, 1.82) is 0 Å². The van der Waals surface area contributed by atoms with Crippen LogP contribution in [0.1, 0.15) is 25.3 Å². The molecule has 1 aromatic carbocycles. The fourth-order valence-corrected chi connectivity index (χ4v) is 2.12. The van der Waals surface area contributed by atoms with E-state index >= 15 is 0 Å². The molecule has 3 heteroatoms. The number of benzene rings is 1. The summed E-state index contributed by atoms with van der Waals surface area (Å²) in [7, 11) is 0. The highest BCUT2D eigenvalue weighted by Crippen LogP contribution is 2.33. The van der Waals surface area contributed by atoms with Crippen LogP contribution in [0.15, 0.2) is 18.2 Å². The smallest absolute Gasteiger partial charge is 0.0696 e. The third-order valence-corrected chi connectivity index (χ3v) is 3.22. The molecule has 0 bridgehead atoms. The van der Waals surface area contributed by atoms with E-state index in [9.17, 15) is 0 Å². The first-order valence-electron chi connectivity index (χ1n) is 5.42. The normalized spacial score (nSPS) is 15.4. The minimum atomic E-state index is 0.00860. The summed E-state index contributed by atoms with van der Waals surface area (Å²) < 4.78 is 0. The van der Waals surface area contributed by atoms with Crippen molar-refractivity contribution in [3.63, 3.8) is 0 Å². The van der Waals surface area contributed by atoms with Gasteiger partial charge in [-0.05, 0) is 37.5 Å². The molecule has 0 spiro atoms. The number of halogens is 1. The molecule has 0 amide bonds. The number of nitrogens with zero attached hydrogens (tertiary/aromatic N) is 1. The topological polar surface area (TPSA) is 23.5 Å². The molecule has 0 atom stereocenters. The van der Waals surface area contributed by atoms with E-state index in [1.165, 1.54) is 18.5 Å². The van der Waals surface area contributed by atoms with Gasteiger partial charge in [-0.25, -0.2) is 0 Å². The predicted octanol–water partition coefficient (Wildman–Crippen LogP) is 2.82. The zero-order valence-corrected chi connectivity index (χ0v) is 9.67. The van der Waals surface area contributed by atoms with Gasteiger partial charge in [-0.3, -0.25) is 0 Å². The summed E-state index contributed by atoms with van der Waals surface area (Å²) >= 11 is 6.07. The molecule has 0 aliphatic heterocycles. The van der Waals surface area contributed by atoms with Gasteiger partial charge in [0, 0.05) is 23.3 Å². The molecule has 0 aromatic heterocycles. The third kappa shape index (κ3) is 2.27. The summed E-state index contributed by atoms with van der Waals surface area (Å²) in [6.45, 7) is 3.18. The Labute approximate surface area is 95.5 Å². The van der Waals surface area contributed by atoms with Crippen molar-refractivity contribution in [3.8, 4) is 0 Å². The first-order chi connectivity index (χ1) is 7.26. The minimum Gasteiger partial charge on any atom is -0.392 e. The second kappa shape index (κ2) is 4.42. The zero-order chi connectivity index (χ0) is 10.8. The van der Waals surface area contributed by atoms with Crippen LogP contribution in [0.2, 0.25) is 5.02 Å². The Kier molecular flexibility index (Phi) is 3.17.